The highest BCUT2D eigenvalue weighted by Gasteiger charge is 2.27. The van der Waals surface area contributed by atoms with Gasteiger partial charge in [-0.05, 0) is 25.8 Å². The molecule has 0 amide bonds. The molecule has 0 aliphatic heterocycles. The van der Waals surface area contributed by atoms with Crippen LogP contribution in [0.5, 0.6) is 0 Å². The van der Waals surface area contributed by atoms with Gasteiger partial charge in [0.25, 0.3) is 0 Å². The van der Waals surface area contributed by atoms with Crippen molar-refractivity contribution in [2.75, 3.05) is 11.9 Å². The third-order valence-corrected chi connectivity index (χ3v) is 2.77. The van der Waals surface area contributed by atoms with Crippen LogP contribution in [0.15, 0.2) is 24.5 Å². The summed E-state index contributed by atoms with van der Waals surface area (Å²) in [5.41, 5.74) is 0. The van der Waals surface area contributed by atoms with E-state index in [2.05, 4.69) is 27.3 Å². The van der Waals surface area contributed by atoms with Crippen LogP contribution in [0, 0.1) is 0 Å². The standard InChI is InChI=1S/C12H15N5/c1-2-13-10-8-11(17-7-3-6-14-17)16-12(15-10)9-4-5-9/h3,6-9H,2,4-5H2,1H3,(H,13,15,16). The van der Waals surface area contributed by atoms with Crippen molar-refractivity contribution < 1.29 is 0 Å². The number of rotatable bonds is 4. The highest BCUT2D eigenvalue weighted by molar-refractivity contribution is 5.42. The quantitative estimate of drug-likeness (QED) is 0.870. The molecule has 1 aliphatic rings. The summed E-state index contributed by atoms with van der Waals surface area (Å²) in [6.45, 7) is 2.92. The van der Waals surface area contributed by atoms with Gasteiger partial charge in [-0.1, -0.05) is 0 Å². The molecule has 1 aliphatic carbocycles. The molecule has 0 radical (unpaired) electrons. The number of nitrogens with zero attached hydrogens (tertiary/aromatic N) is 4. The van der Waals surface area contributed by atoms with E-state index in [-0.39, 0.29) is 0 Å². The summed E-state index contributed by atoms with van der Waals surface area (Å²) in [4.78, 5) is 9.10. The van der Waals surface area contributed by atoms with Gasteiger partial charge >= 0.3 is 0 Å². The van der Waals surface area contributed by atoms with Gasteiger partial charge < -0.3 is 5.32 Å². The van der Waals surface area contributed by atoms with Gasteiger partial charge in [-0.2, -0.15) is 5.10 Å². The minimum atomic E-state index is 0.544. The summed E-state index contributed by atoms with van der Waals surface area (Å²) < 4.78 is 1.77. The molecule has 0 aromatic carbocycles. The zero-order valence-corrected chi connectivity index (χ0v) is 9.80. The molecule has 0 spiro atoms. The number of anilines is 1. The number of hydrogen-bond acceptors (Lipinski definition) is 4. The fraction of sp³-hybridized carbons (Fsp3) is 0.417. The highest BCUT2D eigenvalue weighted by atomic mass is 15.3. The molecule has 2 heterocycles. The summed E-state index contributed by atoms with van der Waals surface area (Å²) in [5.74, 6) is 3.20. The highest BCUT2D eigenvalue weighted by Crippen LogP contribution is 2.38. The Morgan fingerprint density at radius 2 is 2.29 bits per heavy atom. The van der Waals surface area contributed by atoms with Gasteiger partial charge in [0.2, 0.25) is 0 Å². The van der Waals surface area contributed by atoms with Crippen molar-refractivity contribution in [1.29, 1.82) is 0 Å². The maximum atomic E-state index is 4.57. The van der Waals surface area contributed by atoms with E-state index in [1.807, 2.05) is 18.3 Å². The normalized spacial score (nSPS) is 14.9. The Kier molecular flexibility index (Phi) is 2.51. The summed E-state index contributed by atoms with van der Waals surface area (Å²) in [7, 11) is 0. The van der Waals surface area contributed by atoms with Gasteiger partial charge in [-0.25, -0.2) is 14.6 Å². The average molecular weight is 229 g/mol. The van der Waals surface area contributed by atoms with E-state index in [0.717, 1.165) is 24.0 Å². The van der Waals surface area contributed by atoms with Crippen LogP contribution < -0.4 is 5.32 Å². The van der Waals surface area contributed by atoms with Crippen molar-refractivity contribution in [3.8, 4) is 5.82 Å². The Bertz CT molecular complexity index is 502. The van der Waals surface area contributed by atoms with Crippen LogP contribution >= 0.6 is 0 Å². The number of nitrogens with one attached hydrogen (secondary N) is 1. The van der Waals surface area contributed by atoms with Gasteiger partial charge in [-0.3, -0.25) is 0 Å². The number of hydrogen-bond donors (Lipinski definition) is 1. The SMILES string of the molecule is CCNc1cc(-n2cccn2)nc(C2CC2)n1. The minimum Gasteiger partial charge on any atom is -0.370 e. The molecule has 0 unspecified atom stereocenters. The van der Waals surface area contributed by atoms with Crippen LogP contribution in [-0.4, -0.2) is 26.3 Å². The molecular weight excluding hydrogens is 214 g/mol. The zero-order chi connectivity index (χ0) is 11.7. The van der Waals surface area contributed by atoms with E-state index >= 15 is 0 Å². The fourth-order valence-electron chi connectivity index (χ4n) is 1.77. The van der Waals surface area contributed by atoms with E-state index in [1.54, 1.807) is 10.9 Å². The van der Waals surface area contributed by atoms with Crippen molar-refractivity contribution in [2.45, 2.75) is 25.7 Å². The predicted octanol–water partition coefficient (Wildman–Crippen LogP) is 1.97. The lowest BCUT2D eigenvalue weighted by Crippen LogP contribution is -2.07. The molecule has 3 rings (SSSR count). The lowest BCUT2D eigenvalue weighted by atomic mass is 10.3. The largest absolute Gasteiger partial charge is 0.370 e. The summed E-state index contributed by atoms with van der Waals surface area (Å²) in [5, 5.41) is 7.45. The molecule has 0 atom stereocenters. The van der Waals surface area contributed by atoms with Crippen molar-refractivity contribution in [2.24, 2.45) is 0 Å². The second kappa shape index (κ2) is 4.16. The Hall–Kier alpha value is -1.91. The molecule has 88 valence electrons. The first-order chi connectivity index (χ1) is 8.36. The molecule has 1 N–H and O–H groups in total. The lowest BCUT2D eigenvalue weighted by Gasteiger charge is -2.08. The predicted molar refractivity (Wildman–Crippen MR) is 65.3 cm³/mol. The first-order valence-electron chi connectivity index (χ1n) is 5.99. The van der Waals surface area contributed by atoms with Gasteiger partial charge in [0.1, 0.15) is 11.6 Å². The Labute approximate surface area is 99.9 Å². The lowest BCUT2D eigenvalue weighted by molar-refractivity contribution is 0.810. The van der Waals surface area contributed by atoms with Gasteiger partial charge in [-0.15, -0.1) is 0 Å². The maximum absolute atomic E-state index is 4.57. The second-order valence-corrected chi connectivity index (χ2v) is 4.22. The third-order valence-electron chi connectivity index (χ3n) is 2.77. The van der Waals surface area contributed by atoms with Crippen molar-refractivity contribution in [1.82, 2.24) is 19.7 Å². The Balaban J connectivity index is 2.01. The topological polar surface area (TPSA) is 55.6 Å². The molecule has 2 aromatic heterocycles. The molecule has 1 saturated carbocycles. The Morgan fingerprint density at radius 1 is 1.41 bits per heavy atom. The minimum absolute atomic E-state index is 0.544. The van der Waals surface area contributed by atoms with Gasteiger partial charge in [0.05, 0.1) is 0 Å². The van der Waals surface area contributed by atoms with E-state index in [9.17, 15) is 0 Å². The van der Waals surface area contributed by atoms with E-state index < -0.39 is 0 Å². The van der Waals surface area contributed by atoms with Crippen LogP contribution in [0.3, 0.4) is 0 Å². The van der Waals surface area contributed by atoms with Crippen LogP contribution in [-0.2, 0) is 0 Å². The molecule has 1 fully saturated rings. The third kappa shape index (κ3) is 2.13. The monoisotopic (exact) mass is 229 g/mol. The van der Waals surface area contributed by atoms with E-state index in [1.165, 1.54) is 12.8 Å². The van der Waals surface area contributed by atoms with Gasteiger partial charge in [0, 0.05) is 30.9 Å². The maximum Gasteiger partial charge on any atom is 0.159 e. The molecular formula is C12H15N5. The fourth-order valence-corrected chi connectivity index (χ4v) is 1.77. The van der Waals surface area contributed by atoms with Crippen LogP contribution in [0.2, 0.25) is 0 Å². The smallest absolute Gasteiger partial charge is 0.159 e. The first kappa shape index (κ1) is 10.3. The van der Waals surface area contributed by atoms with Crippen molar-refractivity contribution in [3.63, 3.8) is 0 Å². The van der Waals surface area contributed by atoms with Crippen molar-refractivity contribution >= 4 is 5.82 Å². The molecule has 2 aromatic rings. The van der Waals surface area contributed by atoms with Crippen LogP contribution in [0.4, 0.5) is 5.82 Å². The van der Waals surface area contributed by atoms with Gasteiger partial charge in [0.15, 0.2) is 5.82 Å². The number of aromatic nitrogens is 4. The second-order valence-electron chi connectivity index (χ2n) is 4.22. The summed E-state index contributed by atoms with van der Waals surface area (Å²) in [6.07, 6.45) is 6.06. The van der Waals surface area contributed by atoms with E-state index in [0.29, 0.717) is 5.92 Å². The molecule has 5 heteroatoms. The summed E-state index contributed by atoms with van der Waals surface area (Å²) in [6, 6.07) is 3.83. The molecule has 5 nitrogen and oxygen atoms in total. The zero-order valence-electron chi connectivity index (χ0n) is 9.80. The first-order valence-corrected chi connectivity index (χ1v) is 5.99. The Morgan fingerprint density at radius 3 is 2.94 bits per heavy atom. The average Bonchev–Trinajstić information content (AvgIpc) is 3.05. The van der Waals surface area contributed by atoms with Crippen LogP contribution in [0.25, 0.3) is 5.82 Å². The molecule has 0 bridgehead atoms. The van der Waals surface area contributed by atoms with E-state index in [4.69, 9.17) is 0 Å². The molecule has 17 heavy (non-hydrogen) atoms. The molecule has 0 saturated heterocycles. The van der Waals surface area contributed by atoms with Crippen molar-refractivity contribution in [3.05, 3.63) is 30.4 Å². The summed E-state index contributed by atoms with van der Waals surface area (Å²) >= 11 is 0. The van der Waals surface area contributed by atoms with Crippen LogP contribution in [0.1, 0.15) is 31.5 Å².